The molecule has 0 aliphatic carbocycles. The number of carbonyl (C=O) groups excluding carboxylic acids is 1. The number of nitrogens with zero attached hydrogens (tertiary/aromatic N) is 2. The van der Waals surface area contributed by atoms with Crippen molar-refractivity contribution in [3.8, 4) is 5.75 Å². The van der Waals surface area contributed by atoms with Crippen molar-refractivity contribution in [2.75, 3.05) is 25.1 Å². The highest BCUT2D eigenvalue weighted by Crippen LogP contribution is 2.38. The van der Waals surface area contributed by atoms with E-state index >= 15 is 0 Å². The fraction of sp³-hybridized carbons (Fsp3) is 0.375. The van der Waals surface area contributed by atoms with Gasteiger partial charge in [-0.2, -0.15) is 0 Å². The summed E-state index contributed by atoms with van der Waals surface area (Å²) < 4.78 is 33.5. The Bertz CT molecular complexity index is 1330. The summed E-state index contributed by atoms with van der Waals surface area (Å²) in [5.41, 5.74) is 1.87. The molecule has 1 unspecified atom stereocenters. The predicted octanol–water partition coefficient (Wildman–Crippen LogP) is 1.89. The van der Waals surface area contributed by atoms with E-state index in [0.717, 1.165) is 11.1 Å². The Kier molecular flexibility index (Phi) is 5.28. The minimum Gasteiger partial charge on any atom is -0.480 e. The van der Waals surface area contributed by atoms with Gasteiger partial charge in [-0.3, -0.25) is 9.59 Å². The van der Waals surface area contributed by atoms with E-state index in [1.165, 1.54) is 12.1 Å². The highest BCUT2D eigenvalue weighted by Gasteiger charge is 2.33. The molecule has 5 heterocycles. The van der Waals surface area contributed by atoms with Gasteiger partial charge in [0.25, 0.3) is 11.5 Å². The molecule has 0 saturated carbocycles. The van der Waals surface area contributed by atoms with Crippen LogP contribution in [-0.2, 0) is 27.4 Å². The number of benzene rings is 1. The molecule has 2 aromatic heterocycles. The van der Waals surface area contributed by atoms with Gasteiger partial charge < -0.3 is 29.4 Å². The third-order valence-corrected chi connectivity index (χ3v) is 6.50. The Balaban J connectivity index is 1.06. The molecular formula is C24H23FN4O5. The fourth-order valence-electron chi connectivity index (χ4n) is 4.85. The van der Waals surface area contributed by atoms with E-state index in [2.05, 4.69) is 15.6 Å². The molecule has 3 aliphatic heterocycles. The summed E-state index contributed by atoms with van der Waals surface area (Å²) in [5, 5.41) is 6.90. The average Bonchev–Trinajstić information content (AvgIpc) is 3.23. The molecule has 0 bridgehead atoms. The van der Waals surface area contributed by atoms with Crippen molar-refractivity contribution in [3.05, 3.63) is 63.8 Å². The van der Waals surface area contributed by atoms with Gasteiger partial charge in [0.05, 0.1) is 30.5 Å². The first-order valence-electron chi connectivity index (χ1n) is 11.3. The Morgan fingerprint density at radius 2 is 1.94 bits per heavy atom. The van der Waals surface area contributed by atoms with Gasteiger partial charge in [0.15, 0.2) is 24.5 Å². The summed E-state index contributed by atoms with van der Waals surface area (Å²) in [6, 6.07) is 10.0. The number of amides is 1. The zero-order valence-corrected chi connectivity index (χ0v) is 18.3. The molecule has 6 rings (SSSR count). The van der Waals surface area contributed by atoms with Gasteiger partial charge >= 0.3 is 0 Å². The number of carbonyl (C=O) groups is 1. The third-order valence-electron chi connectivity index (χ3n) is 6.50. The van der Waals surface area contributed by atoms with Crippen LogP contribution in [0.25, 0.3) is 10.9 Å². The smallest absolute Gasteiger partial charge is 0.263 e. The number of fused-ring (bicyclic) bond motifs is 1. The zero-order valence-electron chi connectivity index (χ0n) is 18.3. The minimum atomic E-state index is -0.475. The van der Waals surface area contributed by atoms with Crippen molar-refractivity contribution >= 4 is 22.6 Å². The summed E-state index contributed by atoms with van der Waals surface area (Å²) >= 11 is 0. The van der Waals surface area contributed by atoms with Crippen LogP contribution in [0.15, 0.2) is 41.2 Å². The second-order valence-electron chi connectivity index (χ2n) is 8.77. The number of nitrogens with one attached hydrogen (secondary N) is 2. The van der Waals surface area contributed by atoms with Crippen LogP contribution in [-0.4, -0.2) is 47.6 Å². The molecule has 34 heavy (non-hydrogen) atoms. The van der Waals surface area contributed by atoms with Crippen LogP contribution in [0.5, 0.6) is 5.75 Å². The highest BCUT2D eigenvalue weighted by molar-refractivity contribution is 5.94. The lowest BCUT2D eigenvalue weighted by atomic mass is 9.95. The topological polar surface area (TPSA) is 104 Å². The maximum atomic E-state index is 14.7. The lowest BCUT2D eigenvalue weighted by Crippen LogP contribution is -2.44. The molecule has 176 valence electrons. The van der Waals surface area contributed by atoms with Gasteiger partial charge in [-0.15, -0.1) is 0 Å². The van der Waals surface area contributed by atoms with E-state index in [1.807, 2.05) is 6.07 Å². The third kappa shape index (κ3) is 3.83. The summed E-state index contributed by atoms with van der Waals surface area (Å²) in [6.45, 7) is 1.75. The van der Waals surface area contributed by atoms with E-state index in [4.69, 9.17) is 14.2 Å². The fourth-order valence-corrected chi connectivity index (χ4v) is 4.85. The lowest BCUT2D eigenvalue weighted by Gasteiger charge is -2.31. The largest absolute Gasteiger partial charge is 0.480 e. The normalized spacial score (nSPS) is 23.4. The molecule has 1 fully saturated rings. The van der Waals surface area contributed by atoms with Gasteiger partial charge in [0, 0.05) is 37.1 Å². The van der Waals surface area contributed by atoms with E-state index in [-0.39, 0.29) is 35.9 Å². The van der Waals surface area contributed by atoms with Crippen LogP contribution in [0.4, 0.5) is 10.2 Å². The number of ether oxygens (including phenoxy) is 3. The average molecular weight is 466 g/mol. The standard InChI is InChI=1S/C24H23FN4O5/c25-17-4-1-13-2-6-20(31)29-9-14(22(17)23(13)29)7-21-33-10-16(11-34-21)26-8-15-3-5-18-24(27-15)28-19(30)12-32-18/h1-6,14,16,21,26H,7-12H2,(H,27,28,30). The van der Waals surface area contributed by atoms with Crippen molar-refractivity contribution < 1.29 is 23.4 Å². The molecule has 3 aromatic rings. The molecule has 10 heteroatoms. The number of halogens is 1. The van der Waals surface area contributed by atoms with Crippen molar-refractivity contribution in [2.24, 2.45) is 0 Å². The van der Waals surface area contributed by atoms with Crippen LogP contribution < -0.4 is 20.9 Å². The first kappa shape index (κ1) is 21.2. The van der Waals surface area contributed by atoms with Gasteiger partial charge in [0.1, 0.15) is 5.82 Å². The Labute approximate surface area is 193 Å². The molecule has 1 aromatic carbocycles. The molecular weight excluding hydrogens is 443 g/mol. The van der Waals surface area contributed by atoms with Gasteiger partial charge in [-0.25, -0.2) is 9.37 Å². The predicted molar refractivity (Wildman–Crippen MR) is 120 cm³/mol. The van der Waals surface area contributed by atoms with Crippen LogP contribution in [0, 0.1) is 5.82 Å². The summed E-state index contributed by atoms with van der Waals surface area (Å²) in [6.07, 6.45) is -0.00684. The lowest BCUT2D eigenvalue weighted by molar-refractivity contribution is -0.194. The number of hydrogen-bond acceptors (Lipinski definition) is 7. The van der Waals surface area contributed by atoms with Gasteiger partial charge in [-0.05, 0) is 35.7 Å². The van der Waals surface area contributed by atoms with Crippen molar-refractivity contribution in [2.45, 2.75) is 37.8 Å². The monoisotopic (exact) mass is 466 g/mol. The first-order valence-corrected chi connectivity index (χ1v) is 11.3. The van der Waals surface area contributed by atoms with Crippen LogP contribution in [0.1, 0.15) is 23.6 Å². The van der Waals surface area contributed by atoms with Gasteiger partial charge in [0.2, 0.25) is 0 Å². The second-order valence-corrected chi connectivity index (χ2v) is 8.77. The SMILES string of the molecule is O=C1COc2ccc(CNC3COC(CC4Cn5c(=O)ccc6ccc(F)c4c65)OC3)nc2N1. The highest BCUT2D eigenvalue weighted by atomic mass is 19.1. The van der Waals surface area contributed by atoms with Crippen molar-refractivity contribution in [3.63, 3.8) is 0 Å². The Hall–Kier alpha value is -3.34. The number of hydrogen-bond donors (Lipinski definition) is 2. The molecule has 2 N–H and O–H groups in total. The van der Waals surface area contributed by atoms with Crippen molar-refractivity contribution in [1.29, 1.82) is 0 Å². The molecule has 1 amide bonds. The van der Waals surface area contributed by atoms with Crippen molar-refractivity contribution in [1.82, 2.24) is 14.9 Å². The second kappa shape index (κ2) is 8.46. The number of anilines is 1. The molecule has 1 atom stereocenters. The van der Waals surface area contributed by atoms with Gasteiger partial charge in [-0.1, -0.05) is 0 Å². The van der Waals surface area contributed by atoms with Crippen LogP contribution in [0.3, 0.4) is 0 Å². The summed E-state index contributed by atoms with van der Waals surface area (Å²) in [4.78, 5) is 28.2. The minimum absolute atomic E-state index is 0.00430. The van der Waals surface area contributed by atoms with Crippen LogP contribution >= 0.6 is 0 Å². The first-order chi connectivity index (χ1) is 16.5. The quantitative estimate of drug-likeness (QED) is 0.592. The summed E-state index contributed by atoms with van der Waals surface area (Å²) in [5.74, 6) is 0.260. The molecule has 1 saturated heterocycles. The zero-order chi connectivity index (χ0) is 23.2. The Morgan fingerprint density at radius 3 is 2.79 bits per heavy atom. The van der Waals surface area contributed by atoms with E-state index in [0.29, 0.717) is 55.4 Å². The Morgan fingerprint density at radius 1 is 1.12 bits per heavy atom. The molecule has 0 spiro atoms. The molecule has 0 radical (unpaired) electrons. The van der Waals surface area contributed by atoms with E-state index in [1.54, 1.807) is 22.8 Å². The maximum absolute atomic E-state index is 14.7. The van der Waals surface area contributed by atoms with Crippen LogP contribution in [0.2, 0.25) is 0 Å². The number of pyridine rings is 2. The van der Waals surface area contributed by atoms with E-state index < -0.39 is 6.29 Å². The van der Waals surface area contributed by atoms with E-state index in [9.17, 15) is 14.0 Å². The molecule has 9 nitrogen and oxygen atoms in total. The number of aromatic nitrogens is 2. The number of rotatable bonds is 5. The maximum Gasteiger partial charge on any atom is 0.263 e. The summed E-state index contributed by atoms with van der Waals surface area (Å²) in [7, 11) is 0. The molecule has 3 aliphatic rings.